The van der Waals surface area contributed by atoms with Crippen LogP contribution < -0.4 is 11.1 Å². The second kappa shape index (κ2) is 5.67. The second-order valence-electron chi connectivity index (χ2n) is 3.66. The molecule has 1 aliphatic rings. The van der Waals surface area contributed by atoms with Crippen LogP contribution in [-0.2, 0) is 9.59 Å². The van der Waals surface area contributed by atoms with Gasteiger partial charge in [0.15, 0.2) is 0 Å². The molecule has 86 valence electrons. The molecule has 0 aromatic heterocycles. The molecular formula is C9H18N4O2. The zero-order valence-electron chi connectivity index (χ0n) is 9.03. The van der Waals surface area contributed by atoms with Crippen molar-refractivity contribution in [3.8, 4) is 0 Å². The van der Waals surface area contributed by atoms with Gasteiger partial charge in [-0.15, -0.1) is 0 Å². The molecule has 2 amide bonds. The van der Waals surface area contributed by atoms with Crippen LogP contribution >= 0.6 is 0 Å². The van der Waals surface area contributed by atoms with Gasteiger partial charge in [-0.05, 0) is 0 Å². The summed E-state index contributed by atoms with van der Waals surface area (Å²) in [7, 11) is 1.77. The minimum absolute atomic E-state index is 0.0628. The highest BCUT2D eigenvalue weighted by molar-refractivity contribution is 5.81. The van der Waals surface area contributed by atoms with E-state index < -0.39 is 0 Å². The Morgan fingerprint density at radius 2 is 2.27 bits per heavy atom. The van der Waals surface area contributed by atoms with E-state index in [1.165, 1.54) is 0 Å². The summed E-state index contributed by atoms with van der Waals surface area (Å²) in [5, 5.41) is 2.68. The number of hydrogen-bond acceptors (Lipinski definition) is 4. The average molecular weight is 214 g/mol. The van der Waals surface area contributed by atoms with E-state index in [-0.39, 0.29) is 18.4 Å². The number of nitrogens with one attached hydrogen (secondary N) is 1. The molecule has 0 unspecified atom stereocenters. The third kappa shape index (κ3) is 3.85. The summed E-state index contributed by atoms with van der Waals surface area (Å²) in [6.07, 6.45) is 0. The van der Waals surface area contributed by atoms with Gasteiger partial charge in [0.2, 0.25) is 11.8 Å². The third-order valence-electron chi connectivity index (χ3n) is 2.37. The largest absolute Gasteiger partial charge is 0.354 e. The van der Waals surface area contributed by atoms with Crippen molar-refractivity contribution in [3.05, 3.63) is 0 Å². The summed E-state index contributed by atoms with van der Waals surface area (Å²) in [5.41, 5.74) is 5.26. The molecule has 0 aromatic rings. The molecule has 0 aromatic carbocycles. The number of nitrogens with two attached hydrogens (primary N) is 1. The van der Waals surface area contributed by atoms with Crippen molar-refractivity contribution in [2.75, 3.05) is 46.3 Å². The van der Waals surface area contributed by atoms with Crippen LogP contribution in [0.15, 0.2) is 0 Å². The molecule has 0 aliphatic carbocycles. The average Bonchev–Trinajstić information content (AvgIpc) is 2.20. The molecule has 0 radical (unpaired) electrons. The number of hydrogen-bond donors (Lipinski definition) is 2. The van der Waals surface area contributed by atoms with Gasteiger partial charge < -0.3 is 16.0 Å². The van der Waals surface area contributed by atoms with Gasteiger partial charge in [0, 0.05) is 33.2 Å². The van der Waals surface area contributed by atoms with Crippen LogP contribution in [0.1, 0.15) is 0 Å². The van der Waals surface area contributed by atoms with E-state index in [0.717, 1.165) is 6.54 Å². The monoisotopic (exact) mass is 214 g/mol. The number of piperazine rings is 1. The molecule has 1 fully saturated rings. The maximum Gasteiger partial charge on any atom is 0.236 e. The van der Waals surface area contributed by atoms with Crippen molar-refractivity contribution in [2.45, 2.75) is 0 Å². The maximum atomic E-state index is 11.3. The summed E-state index contributed by atoms with van der Waals surface area (Å²) >= 11 is 0. The highest BCUT2D eigenvalue weighted by Crippen LogP contribution is 1.99. The van der Waals surface area contributed by atoms with Gasteiger partial charge in [-0.2, -0.15) is 0 Å². The molecule has 1 heterocycles. The Balaban J connectivity index is 2.27. The van der Waals surface area contributed by atoms with E-state index in [9.17, 15) is 9.59 Å². The first-order valence-electron chi connectivity index (χ1n) is 5.06. The molecule has 1 aliphatic heterocycles. The van der Waals surface area contributed by atoms with E-state index in [0.29, 0.717) is 26.2 Å². The van der Waals surface area contributed by atoms with Crippen LogP contribution in [-0.4, -0.2) is 67.9 Å². The normalized spacial score (nSPS) is 18.0. The zero-order chi connectivity index (χ0) is 11.3. The minimum Gasteiger partial charge on any atom is -0.354 e. The Bertz CT molecular complexity index is 244. The lowest BCUT2D eigenvalue weighted by Gasteiger charge is -2.31. The van der Waals surface area contributed by atoms with E-state index in [1.54, 1.807) is 11.9 Å². The molecule has 6 heteroatoms. The zero-order valence-corrected chi connectivity index (χ0v) is 9.03. The summed E-state index contributed by atoms with van der Waals surface area (Å²) in [6.45, 7) is 2.96. The predicted octanol–water partition coefficient (Wildman–Crippen LogP) is -2.16. The third-order valence-corrected chi connectivity index (χ3v) is 2.37. The van der Waals surface area contributed by atoms with Gasteiger partial charge in [0.1, 0.15) is 0 Å². The van der Waals surface area contributed by atoms with Crippen LogP contribution in [0.3, 0.4) is 0 Å². The van der Waals surface area contributed by atoms with Crippen molar-refractivity contribution in [3.63, 3.8) is 0 Å². The van der Waals surface area contributed by atoms with E-state index >= 15 is 0 Å². The van der Waals surface area contributed by atoms with Gasteiger partial charge in [0.25, 0.3) is 0 Å². The predicted molar refractivity (Wildman–Crippen MR) is 56.1 cm³/mol. The van der Waals surface area contributed by atoms with Crippen LogP contribution in [0.2, 0.25) is 0 Å². The molecule has 0 saturated carbocycles. The molecule has 0 bridgehead atoms. The lowest BCUT2D eigenvalue weighted by atomic mass is 10.3. The first-order chi connectivity index (χ1) is 7.13. The maximum absolute atomic E-state index is 11.3. The summed E-state index contributed by atoms with van der Waals surface area (Å²) in [4.78, 5) is 26.2. The van der Waals surface area contributed by atoms with Crippen molar-refractivity contribution in [1.29, 1.82) is 0 Å². The Morgan fingerprint density at radius 3 is 2.87 bits per heavy atom. The van der Waals surface area contributed by atoms with E-state index in [4.69, 9.17) is 5.73 Å². The second-order valence-corrected chi connectivity index (χ2v) is 3.66. The Kier molecular flexibility index (Phi) is 4.51. The fourth-order valence-electron chi connectivity index (χ4n) is 1.41. The van der Waals surface area contributed by atoms with Gasteiger partial charge in [-0.3, -0.25) is 14.5 Å². The first-order valence-corrected chi connectivity index (χ1v) is 5.06. The summed E-state index contributed by atoms with van der Waals surface area (Å²) in [6, 6.07) is 0. The van der Waals surface area contributed by atoms with Gasteiger partial charge in [0.05, 0.1) is 13.1 Å². The topological polar surface area (TPSA) is 78.7 Å². The first kappa shape index (κ1) is 11.9. The van der Waals surface area contributed by atoms with Crippen LogP contribution in [0.5, 0.6) is 0 Å². The molecular weight excluding hydrogens is 196 g/mol. The molecule has 0 atom stereocenters. The quantitative estimate of drug-likeness (QED) is 0.558. The van der Waals surface area contributed by atoms with E-state index in [2.05, 4.69) is 5.32 Å². The SMILES string of the molecule is CN1CCN(CC(=O)NCCN)CC1=O. The fraction of sp³-hybridized carbons (Fsp3) is 0.778. The number of rotatable bonds is 4. The standard InChI is InChI=1S/C9H18N4O2/c1-12-4-5-13(7-9(12)15)6-8(14)11-3-2-10/h2-7,10H2,1H3,(H,11,14). The van der Waals surface area contributed by atoms with Crippen molar-refractivity contribution < 1.29 is 9.59 Å². The van der Waals surface area contributed by atoms with Crippen LogP contribution in [0, 0.1) is 0 Å². The van der Waals surface area contributed by atoms with E-state index in [1.807, 2.05) is 4.90 Å². The molecule has 15 heavy (non-hydrogen) atoms. The molecule has 0 spiro atoms. The van der Waals surface area contributed by atoms with Gasteiger partial charge >= 0.3 is 0 Å². The molecule has 6 nitrogen and oxygen atoms in total. The molecule has 3 N–H and O–H groups in total. The van der Waals surface area contributed by atoms with Crippen molar-refractivity contribution in [1.82, 2.24) is 15.1 Å². The van der Waals surface area contributed by atoms with Crippen LogP contribution in [0.4, 0.5) is 0 Å². The summed E-state index contributed by atoms with van der Waals surface area (Å²) in [5.74, 6) is -0.00863. The lowest BCUT2D eigenvalue weighted by Crippen LogP contribution is -2.51. The Morgan fingerprint density at radius 1 is 1.53 bits per heavy atom. The number of likely N-dealkylation sites (N-methyl/N-ethyl adjacent to an activating group) is 1. The number of amides is 2. The Hall–Kier alpha value is -1.14. The lowest BCUT2D eigenvalue weighted by molar-refractivity contribution is -0.135. The van der Waals surface area contributed by atoms with Gasteiger partial charge in [-0.25, -0.2) is 0 Å². The highest BCUT2D eigenvalue weighted by atomic mass is 16.2. The molecule has 1 saturated heterocycles. The Labute approximate surface area is 89.4 Å². The summed E-state index contributed by atoms with van der Waals surface area (Å²) < 4.78 is 0. The van der Waals surface area contributed by atoms with Crippen molar-refractivity contribution >= 4 is 11.8 Å². The minimum atomic E-state index is -0.0715. The molecule has 1 rings (SSSR count). The fourth-order valence-corrected chi connectivity index (χ4v) is 1.41. The number of nitrogens with zero attached hydrogens (tertiary/aromatic N) is 2. The smallest absolute Gasteiger partial charge is 0.236 e. The van der Waals surface area contributed by atoms with Crippen LogP contribution in [0.25, 0.3) is 0 Å². The van der Waals surface area contributed by atoms with Crippen molar-refractivity contribution in [2.24, 2.45) is 5.73 Å². The number of carbonyl (C=O) groups excluding carboxylic acids is 2. The number of carbonyl (C=O) groups is 2. The van der Waals surface area contributed by atoms with Gasteiger partial charge in [-0.1, -0.05) is 0 Å². The highest BCUT2D eigenvalue weighted by Gasteiger charge is 2.22.